The SMILES string of the molecule is O=C1C(c2ccc(F)cc2)=C(N2CCCCC2)C(=O)N1c1cccc2ccccc12. The van der Waals surface area contributed by atoms with Crippen LogP contribution in [0, 0.1) is 5.82 Å². The number of rotatable bonds is 3. The number of likely N-dealkylation sites (tertiary alicyclic amines) is 1. The van der Waals surface area contributed by atoms with E-state index in [1.54, 1.807) is 18.2 Å². The van der Waals surface area contributed by atoms with E-state index in [4.69, 9.17) is 0 Å². The van der Waals surface area contributed by atoms with Crippen LogP contribution < -0.4 is 4.90 Å². The third kappa shape index (κ3) is 2.98. The van der Waals surface area contributed by atoms with Gasteiger partial charge in [-0.15, -0.1) is 0 Å². The molecule has 0 aromatic heterocycles. The second-order valence-corrected chi connectivity index (χ2v) is 7.72. The smallest absolute Gasteiger partial charge is 0.282 e. The van der Waals surface area contributed by atoms with E-state index in [0.29, 0.717) is 22.5 Å². The van der Waals surface area contributed by atoms with E-state index < -0.39 is 0 Å². The van der Waals surface area contributed by atoms with Crippen molar-refractivity contribution in [1.29, 1.82) is 0 Å². The lowest BCUT2D eigenvalue weighted by atomic mass is 10.0. The molecule has 2 aliphatic heterocycles. The van der Waals surface area contributed by atoms with Crippen LogP contribution in [0.25, 0.3) is 16.3 Å². The first-order valence-electron chi connectivity index (χ1n) is 10.3. The Morgan fingerprint density at radius 3 is 2.20 bits per heavy atom. The van der Waals surface area contributed by atoms with Crippen LogP contribution in [0.4, 0.5) is 10.1 Å². The van der Waals surface area contributed by atoms with Crippen molar-refractivity contribution in [3.05, 3.63) is 83.8 Å². The molecule has 3 aromatic carbocycles. The van der Waals surface area contributed by atoms with Crippen LogP contribution >= 0.6 is 0 Å². The molecule has 0 atom stereocenters. The van der Waals surface area contributed by atoms with Crippen molar-refractivity contribution in [2.24, 2.45) is 0 Å². The first kappa shape index (κ1) is 18.6. The second-order valence-electron chi connectivity index (χ2n) is 7.72. The number of imide groups is 1. The van der Waals surface area contributed by atoms with Crippen molar-refractivity contribution in [2.45, 2.75) is 19.3 Å². The molecule has 2 heterocycles. The summed E-state index contributed by atoms with van der Waals surface area (Å²) in [5, 5.41) is 1.81. The van der Waals surface area contributed by atoms with Crippen LogP contribution in [0.1, 0.15) is 24.8 Å². The van der Waals surface area contributed by atoms with E-state index in [-0.39, 0.29) is 17.6 Å². The maximum atomic E-state index is 13.6. The second kappa shape index (κ2) is 7.41. The van der Waals surface area contributed by atoms with Crippen LogP contribution in [0.2, 0.25) is 0 Å². The van der Waals surface area contributed by atoms with Crippen molar-refractivity contribution in [3.63, 3.8) is 0 Å². The summed E-state index contributed by atoms with van der Waals surface area (Å²) in [5.74, 6) is -1.04. The van der Waals surface area contributed by atoms with E-state index >= 15 is 0 Å². The fraction of sp³-hybridized carbons (Fsp3) is 0.200. The van der Waals surface area contributed by atoms with Crippen LogP contribution in [0.5, 0.6) is 0 Å². The highest BCUT2D eigenvalue weighted by Gasteiger charge is 2.43. The molecule has 2 amide bonds. The van der Waals surface area contributed by atoms with Gasteiger partial charge in [-0.2, -0.15) is 0 Å². The van der Waals surface area contributed by atoms with Gasteiger partial charge in [-0.1, -0.05) is 48.5 Å². The van der Waals surface area contributed by atoms with E-state index in [1.165, 1.54) is 17.0 Å². The molecule has 0 aliphatic carbocycles. The molecule has 30 heavy (non-hydrogen) atoms. The molecule has 0 saturated carbocycles. The largest absolute Gasteiger partial charge is 0.366 e. The average molecular weight is 400 g/mol. The maximum Gasteiger partial charge on any atom is 0.282 e. The first-order chi connectivity index (χ1) is 14.6. The minimum Gasteiger partial charge on any atom is -0.366 e. The number of benzene rings is 3. The molecule has 0 unspecified atom stereocenters. The number of hydrogen-bond donors (Lipinski definition) is 0. The van der Waals surface area contributed by atoms with Gasteiger partial charge in [0.05, 0.1) is 11.3 Å². The van der Waals surface area contributed by atoms with Crippen molar-refractivity contribution in [2.75, 3.05) is 18.0 Å². The molecular formula is C25H21FN2O2. The van der Waals surface area contributed by atoms with Crippen LogP contribution in [-0.2, 0) is 9.59 Å². The molecule has 150 valence electrons. The third-order valence-corrected chi connectivity index (χ3v) is 5.87. The number of halogens is 1. The molecule has 4 nitrogen and oxygen atoms in total. The van der Waals surface area contributed by atoms with Gasteiger partial charge in [-0.05, 0) is 48.4 Å². The molecule has 5 heteroatoms. The van der Waals surface area contributed by atoms with Gasteiger partial charge in [-0.3, -0.25) is 9.59 Å². The lowest BCUT2D eigenvalue weighted by Crippen LogP contribution is -2.37. The Kier molecular flexibility index (Phi) is 4.58. The summed E-state index contributed by atoms with van der Waals surface area (Å²) >= 11 is 0. The molecule has 0 N–H and O–H groups in total. The molecular weight excluding hydrogens is 379 g/mol. The molecule has 3 aromatic rings. The Balaban J connectivity index is 1.67. The summed E-state index contributed by atoms with van der Waals surface area (Å²) in [6.07, 6.45) is 3.08. The quantitative estimate of drug-likeness (QED) is 0.596. The van der Waals surface area contributed by atoms with E-state index in [1.807, 2.05) is 41.3 Å². The Morgan fingerprint density at radius 1 is 0.733 bits per heavy atom. The minimum absolute atomic E-state index is 0.308. The zero-order valence-corrected chi connectivity index (χ0v) is 16.5. The molecule has 1 saturated heterocycles. The van der Waals surface area contributed by atoms with Crippen LogP contribution in [0.15, 0.2) is 72.4 Å². The number of carbonyl (C=O) groups excluding carboxylic acids is 2. The lowest BCUT2D eigenvalue weighted by molar-refractivity contribution is -0.120. The zero-order chi connectivity index (χ0) is 20.7. The first-order valence-corrected chi connectivity index (χ1v) is 10.3. The highest BCUT2D eigenvalue weighted by molar-refractivity contribution is 6.46. The van der Waals surface area contributed by atoms with Crippen molar-refractivity contribution in [1.82, 2.24) is 4.90 Å². The fourth-order valence-corrected chi connectivity index (χ4v) is 4.43. The summed E-state index contributed by atoms with van der Waals surface area (Å²) in [5.41, 5.74) is 1.93. The highest BCUT2D eigenvalue weighted by atomic mass is 19.1. The Labute approximate surface area is 174 Å². The molecule has 2 aliphatic rings. The molecule has 1 fully saturated rings. The van der Waals surface area contributed by atoms with Gasteiger partial charge in [0.25, 0.3) is 11.8 Å². The number of amides is 2. The predicted molar refractivity (Wildman–Crippen MR) is 115 cm³/mol. The molecule has 5 rings (SSSR count). The molecule has 0 bridgehead atoms. The summed E-state index contributed by atoms with van der Waals surface area (Å²) < 4.78 is 13.5. The minimum atomic E-state index is -0.374. The lowest BCUT2D eigenvalue weighted by Gasteiger charge is -2.29. The number of carbonyl (C=O) groups is 2. The topological polar surface area (TPSA) is 40.6 Å². The summed E-state index contributed by atoms with van der Waals surface area (Å²) in [7, 11) is 0. The van der Waals surface area contributed by atoms with Crippen LogP contribution in [-0.4, -0.2) is 29.8 Å². The van der Waals surface area contributed by atoms with E-state index in [2.05, 4.69) is 0 Å². The summed E-state index contributed by atoms with van der Waals surface area (Å²) in [6, 6.07) is 19.1. The van der Waals surface area contributed by atoms with Crippen molar-refractivity contribution in [3.8, 4) is 0 Å². The standard InChI is InChI=1S/C25H21FN2O2/c26-19-13-11-18(12-14-19)22-23(27-15-4-1-5-16-27)25(30)28(24(22)29)21-10-6-8-17-7-2-3-9-20(17)21/h2-3,6-14H,1,4-5,15-16H2. The number of hydrogen-bond acceptors (Lipinski definition) is 3. The Bertz CT molecular complexity index is 1170. The highest BCUT2D eigenvalue weighted by Crippen LogP contribution is 2.38. The molecule has 0 spiro atoms. The zero-order valence-electron chi connectivity index (χ0n) is 16.5. The number of nitrogens with zero attached hydrogens (tertiary/aromatic N) is 2. The predicted octanol–water partition coefficient (Wildman–Crippen LogP) is 4.75. The average Bonchev–Trinajstić information content (AvgIpc) is 3.04. The van der Waals surface area contributed by atoms with E-state index in [0.717, 1.165) is 43.1 Å². The van der Waals surface area contributed by atoms with Gasteiger partial charge >= 0.3 is 0 Å². The number of fused-ring (bicyclic) bond motifs is 1. The number of piperidine rings is 1. The van der Waals surface area contributed by atoms with Crippen molar-refractivity contribution >= 4 is 33.8 Å². The van der Waals surface area contributed by atoms with E-state index in [9.17, 15) is 14.0 Å². The van der Waals surface area contributed by atoms with Gasteiger partial charge in [0.15, 0.2) is 0 Å². The molecule has 0 radical (unpaired) electrons. The third-order valence-electron chi connectivity index (χ3n) is 5.87. The summed E-state index contributed by atoms with van der Waals surface area (Å²) in [4.78, 5) is 30.6. The normalized spacial score (nSPS) is 17.4. The van der Waals surface area contributed by atoms with Gasteiger partial charge in [0.1, 0.15) is 11.5 Å². The van der Waals surface area contributed by atoms with Gasteiger partial charge in [-0.25, -0.2) is 9.29 Å². The maximum absolute atomic E-state index is 13.6. The van der Waals surface area contributed by atoms with Gasteiger partial charge < -0.3 is 4.90 Å². The van der Waals surface area contributed by atoms with Crippen molar-refractivity contribution < 1.29 is 14.0 Å². The Hall–Kier alpha value is -3.47. The monoisotopic (exact) mass is 400 g/mol. The van der Waals surface area contributed by atoms with Crippen LogP contribution in [0.3, 0.4) is 0 Å². The fourth-order valence-electron chi connectivity index (χ4n) is 4.43. The van der Waals surface area contributed by atoms with Gasteiger partial charge in [0, 0.05) is 18.5 Å². The number of anilines is 1. The Morgan fingerprint density at radius 2 is 1.43 bits per heavy atom. The van der Waals surface area contributed by atoms with Gasteiger partial charge in [0.2, 0.25) is 0 Å². The summed E-state index contributed by atoms with van der Waals surface area (Å²) in [6.45, 7) is 1.48.